The number of pyridine rings is 1. The average molecular weight is 704 g/mol. The first-order valence-electron chi connectivity index (χ1n) is 15.6. The molecule has 1 aliphatic heterocycles. The molecule has 12 heteroatoms. The van der Waals surface area contributed by atoms with Crippen LogP contribution in [0, 0.1) is 0 Å². The second-order valence-electron chi connectivity index (χ2n) is 11.6. The quantitative estimate of drug-likeness (QED) is 0.137. The van der Waals surface area contributed by atoms with Crippen LogP contribution in [0.4, 0.5) is 19.0 Å². The molecule has 1 saturated heterocycles. The number of carboxylic acid groups (broad SMARTS) is 1. The lowest BCUT2D eigenvalue weighted by molar-refractivity contribution is -0.139. The molecule has 1 fully saturated rings. The maximum absolute atomic E-state index is 13.7. The summed E-state index contributed by atoms with van der Waals surface area (Å²) in [5.41, 5.74) is 1.80. The number of nitrogens with zero attached hydrogens (tertiary/aromatic N) is 4. The Labute approximate surface area is 290 Å². The highest BCUT2D eigenvalue weighted by Gasteiger charge is 2.34. The lowest BCUT2D eigenvalue weighted by Crippen LogP contribution is -2.48. The summed E-state index contributed by atoms with van der Waals surface area (Å²) in [6.07, 6.45) is -3.94. The average Bonchev–Trinajstić information content (AvgIpc) is 3.06. The lowest BCUT2D eigenvalue weighted by Gasteiger charge is -2.34. The van der Waals surface area contributed by atoms with Crippen molar-refractivity contribution in [2.75, 3.05) is 57.3 Å². The second kappa shape index (κ2) is 17.5. The minimum atomic E-state index is -4.55. The van der Waals surface area contributed by atoms with Crippen molar-refractivity contribution in [2.24, 2.45) is 0 Å². The fourth-order valence-corrected chi connectivity index (χ4v) is 6.17. The van der Waals surface area contributed by atoms with E-state index in [1.807, 2.05) is 53.4 Å². The number of alkyl halides is 3. The highest BCUT2D eigenvalue weighted by molar-refractivity contribution is 6.32. The van der Waals surface area contributed by atoms with E-state index in [1.165, 1.54) is 6.07 Å². The zero-order valence-electron chi connectivity index (χ0n) is 26.4. The molecular weight excluding hydrogens is 664 g/mol. The van der Waals surface area contributed by atoms with E-state index in [0.29, 0.717) is 63.7 Å². The van der Waals surface area contributed by atoms with Gasteiger partial charge in [-0.05, 0) is 35.2 Å². The van der Waals surface area contributed by atoms with Crippen LogP contribution in [0.5, 0.6) is 5.88 Å². The molecule has 3 aromatic carbocycles. The van der Waals surface area contributed by atoms with Crippen LogP contribution < -0.4 is 9.64 Å². The van der Waals surface area contributed by atoms with Gasteiger partial charge in [0.05, 0.1) is 23.7 Å². The number of ether oxygens (including phenoxy) is 1. The topological polar surface area (TPSA) is 69.1 Å². The van der Waals surface area contributed by atoms with Gasteiger partial charge in [-0.3, -0.25) is 14.6 Å². The molecule has 48 heavy (non-hydrogen) atoms. The summed E-state index contributed by atoms with van der Waals surface area (Å²) in [5, 5.41) is 8.79. The van der Waals surface area contributed by atoms with Crippen LogP contribution in [-0.4, -0.2) is 78.3 Å². The van der Waals surface area contributed by atoms with Gasteiger partial charge in [-0.2, -0.15) is 18.2 Å². The number of rotatable bonds is 14. The zero-order valence-corrected chi connectivity index (χ0v) is 27.9. The van der Waals surface area contributed by atoms with Crippen LogP contribution in [0.15, 0.2) is 97.1 Å². The SMILES string of the molecule is Cl.O=C(O)CN1CCN(c2cccc(OCCCN(Cc3cccc(C(F)(F)F)c3Cl)CC(c3ccccc3)c3ccccc3)n2)CC1. The van der Waals surface area contributed by atoms with Crippen LogP contribution in [0.25, 0.3) is 0 Å². The third kappa shape index (κ3) is 10.3. The van der Waals surface area contributed by atoms with Crippen LogP contribution in [-0.2, 0) is 17.5 Å². The monoisotopic (exact) mass is 702 g/mol. The van der Waals surface area contributed by atoms with E-state index < -0.39 is 17.7 Å². The Balaban J connectivity index is 0.00000520. The van der Waals surface area contributed by atoms with Gasteiger partial charge in [0.1, 0.15) is 5.82 Å². The molecule has 0 saturated carbocycles. The van der Waals surface area contributed by atoms with Crippen LogP contribution >= 0.6 is 24.0 Å². The van der Waals surface area contributed by atoms with Gasteiger partial charge in [-0.25, -0.2) is 0 Å². The van der Waals surface area contributed by atoms with Crippen molar-refractivity contribution in [3.63, 3.8) is 0 Å². The van der Waals surface area contributed by atoms with Crippen molar-refractivity contribution in [2.45, 2.75) is 25.1 Å². The molecule has 2 heterocycles. The van der Waals surface area contributed by atoms with Gasteiger partial charge >= 0.3 is 12.1 Å². The van der Waals surface area contributed by atoms with Crippen LogP contribution in [0.2, 0.25) is 5.02 Å². The van der Waals surface area contributed by atoms with E-state index in [4.69, 9.17) is 21.4 Å². The van der Waals surface area contributed by atoms with E-state index in [9.17, 15) is 18.0 Å². The van der Waals surface area contributed by atoms with Crippen molar-refractivity contribution >= 4 is 35.8 Å². The Bertz CT molecular complexity index is 1550. The molecule has 0 radical (unpaired) electrons. The first-order chi connectivity index (χ1) is 22.7. The smallest absolute Gasteiger partial charge is 0.417 e. The number of benzene rings is 3. The Morgan fingerprint density at radius 1 is 0.896 bits per heavy atom. The van der Waals surface area contributed by atoms with Crippen molar-refractivity contribution in [1.29, 1.82) is 0 Å². The molecule has 0 aliphatic carbocycles. The summed E-state index contributed by atoms with van der Waals surface area (Å²) < 4.78 is 47.1. The first kappa shape index (κ1) is 37.0. The molecular formula is C36H39Cl2F3N4O3. The highest BCUT2D eigenvalue weighted by Crippen LogP contribution is 2.37. The molecule has 0 spiro atoms. The standard InChI is InChI=1S/C36H38ClF3N4O3.ClH/c37-35-29(14-7-15-31(35)36(38,39)40)24-43(25-30(27-10-3-1-4-11-27)28-12-5-2-6-13-28)18-9-23-47-33-17-8-16-32(41-33)44-21-19-42(20-22-44)26-34(45)46;/h1-8,10-17,30H,9,18-26H2,(H,45,46);1H. The molecule has 7 nitrogen and oxygen atoms in total. The number of carboxylic acids is 1. The Kier molecular flexibility index (Phi) is 13.5. The predicted molar refractivity (Wildman–Crippen MR) is 184 cm³/mol. The van der Waals surface area contributed by atoms with Crippen molar-refractivity contribution in [3.8, 4) is 5.88 Å². The van der Waals surface area contributed by atoms with E-state index in [0.717, 1.165) is 23.0 Å². The molecule has 1 aliphatic rings. The highest BCUT2D eigenvalue weighted by atomic mass is 35.5. The van der Waals surface area contributed by atoms with Gasteiger partial charge < -0.3 is 14.7 Å². The third-order valence-electron chi connectivity index (χ3n) is 8.26. The summed E-state index contributed by atoms with van der Waals surface area (Å²) in [5.74, 6) is 0.401. The van der Waals surface area contributed by atoms with Gasteiger partial charge in [0.15, 0.2) is 0 Å². The molecule has 256 valence electrons. The van der Waals surface area contributed by atoms with E-state index in [-0.39, 0.29) is 36.4 Å². The summed E-state index contributed by atoms with van der Waals surface area (Å²) in [7, 11) is 0. The number of aromatic nitrogens is 1. The Morgan fingerprint density at radius 2 is 1.52 bits per heavy atom. The number of hydrogen-bond donors (Lipinski definition) is 1. The van der Waals surface area contributed by atoms with E-state index in [2.05, 4.69) is 39.0 Å². The Morgan fingerprint density at radius 3 is 2.12 bits per heavy atom. The van der Waals surface area contributed by atoms with Crippen LogP contribution in [0.3, 0.4) is 0 Å². The lowest BCUT2D eigenvalue weighted by atomic mass is 9.90. The van der Waals surface area contributed by atoms with Gasteiger partial charge in [0.2, 0.25) is 5.88 Å². The fraction of sp³-hybridized carbons (Fsp3) is 0.333. The molecule has 4 aromatic rings. The number of carbonyl (C=O) groups is 1. The summed E-state index contributed by atoms with van der Waals surface area (Å²) in [4.78, 5) is 21.9. The Hall–Kier alpha value is -3.83. The molecule has 1 N–H and O–H groups in total. The van der Waals surface area contributed by atoms with Gasteiger partial charge in [0.25, 0.3) is 0 Å². The van der Waals surface area contributed by atoms with E-state index >= 15 is 0 Å². The largest absolute Gasteiger partial charge is 0.480 e. The summed E-state index contributed by atoms with van der Waals surface area (Å²) in [6.45, 7) is 4.34. The molecule has 1 aromatic heterocycles. The summed E-state index contributed by atoms with van der Waals surface area (Å²) >= 11 is 6.35. The molecule has 0 atom stereocenters. The van der Waals surface area contributed by atoms with Crippen LogP contribution in [0.1, 0.15) is 34.6 Å². The third-order valence-corrected chi connectivity index (χ3v) is 8.70. The fourth-order valence-electron chi connectivity index (χ4n) is 5.88. The van der Waals surface area contributed by atoms with Gasteiger partial charge in [0, 0.05) is 57.8 Å². The number of anilines is 1. The molecule has 0 unspecified atom stereocenters. The maximum atomic E-state index is 13.7. The van der Waals surface area contributed by atoms with Crippen molar-refractivity contribution in [1.82, 2.24) is 14.8 Å². The molecule has 0 bridgehead atoms. The number of aliphatic carboxylic acids is 1. The number of hydrogen-bond acceptors (Lipinski definition) is 6. The number of halogens is 5. The van der Waals surface area contributed by atoms with Gasteiger partial charge in [-0.1, -0.05) is 90.5 Å². The molecule has 0 amide bonds. The minimum Gasteiger partial charge on any atom is -0.480 e. The van der Waals surface area contributed by atoms with E-state index in [1.54, 1.807) is 12.1 Å². The normalized spacial score (nSPS) is 13.8. The number of piperazine rings is 1. The predicted octanol–water partition coefficient (Wildman–Crippen LogP) is 7.49. The first-order valence-corrected chi connectivity index (χ1v) is 16.0. The molecule has 5 rings (SSSR count). The van der Waals surface area contributed by atoms with Crippen molar-refractivity contribution < 1.29 is 27.8 Å². The second-order valence-corrected chi connectivity index (χ2v) is 12.0. The maximum Gasteiger partial charge on any atom is 0.417 e. The van der Waals surface area contributed by atoms with Crippen molar-refractivity contribution in [3.05, 3.63) is 124 Å². The zero-order chi connectivity index (χ0) is 33.2. The minimum absolute atomic E-state index is 0. The summed E-state index contributed by atoms with van der Waals surface area (Å²) in [6, 6.07) is 29.8. The van der Waals surface area contributed by atoms with Gasteiger partial charge in [-0.15, -0.1) is 12.4 Å².